The Morgan fingerprint density at radius 1 is 1.41 bits per heavy atom. The number of nitrogens with one attached hydrogen (secondary N) is 2. The first-order valence-corrected chi connectivity index (χ1v) is 8.90. The minimum absolute atomic E-state index is 0.0284. The van der Waals surface area contributed by atoms with Crippen LogP contribution in [0.3, 0.4) is 0 Å². The van der Waals surface area contributed by atoms with Gasteiger partial charge in [-0.2, -0.15) is 0 Å². The van der Waals surface area contributed by atoms with Crippen LogP contribution in [0.25, 0.3) is 12.2 Å². The number of aromatic nitrogens is 1. The van der Waals surface area contributed by atoms with Crippen molar-refractivity contribution in [2.45, 2.75) is 13.3 Å². The zero-order chi connectivity index (χ0) is 20.8. The average molecular weight is 391 g/mol. The number of fused-ring (bicyclic) bond motifs is 1. The summed E-state index contributed by atoms with van der Waals surface area (Å²) in [4.78, 5) is 19.7. The topological polar surface area (TPSA) is 134 Å². The fraction of sp³-hybridized carbons (Fsp3) is 0.143. The van der Waals surface area contributed by atoms with Crippen LogP contribution in [-0.4, -0.2) is 34.7 Å². The van der Waals surface area contributed by atoms with Gasteiger partial charge < -0.3 is 21.0 Å². The van der Waals surface area contributed by atoms with E-state index in [1.165, 1.54) is 6.21 Å². The normalized spacial score (nSPS) is 14.0. The van der Waals surface area contributed by atoms with E-state index in [0.29, 0.717) is 11.4 Å². The highest BCUT2D eigenvalue weighted by atomic mass is 16.6. The van der Waals surface area contributed by atoms with E-state index in [0.717, 1.165) is 33.8 Å². The van der Waals surface area contributed by atoms with Crippen LogP contribution in [0.15, 0.2) is 47.1 Å². The molecule has 1 heterocycles. The molecule has 1 aromatic heterocycles. The molecule has 0 saturated heterocycles. The third-order valence-corrected chi connectivity index (χ3v) is 4.24. The molecule has 0 fully saturated rings. The highest BCUT2D eigenvalue weighted by molar-refractivity contribution is 5.95. The van der Waals surface area contributed by atoms with Gasteiger partial charge in [-0.05, 0) is 72.2 Å². The zero-order valence-electron chi connectivity index (χ0n) is 15.8. The number of amidine groups is 1. The molecule has 0 bridgehead atoms. The second-order valence-electron chi connectivity index (χ2n) is 6.46. The van der Waals surface area contributed by atoms with Crippen LogP contribution in [0.2, 0.25) is 0 Å². The van der Waals surface area contributed by atoms with Gasteiger partial charge in [0.2, 0.25) is 6.61 Å². The van der Waals surface area contributed by atoms with Gasteiger partial charge in [-0.15, -0.1) is 0 Å². The first-order valence-electron chi connectivity index (χ1n) is 8.90. The number of nitrogens with two attached hydrogens (primary N) is 1. The van der Waals surface area contributed by atoms with Crippen molar-refractivity contribution in [2.75, 3.05) is 11.9 Å². The summed E-state index contributed by atoms with van der Waals surface area (Å²) in [7, 11) is 0. The van der Waals surface area contributed by atoms with Crippen molar-refractivity contribution in [3.05, 3.63) is 63.7 Å². The lowest BCUT2D eigenvalue weighted by molar-refractivity contribution is -0.142. The summed E-state index contributed by atoms with van der Waals surface area (Å²) in [5.41, 5.74) is 9.08. The molecular formula is C21H21N5O3. The minimum Gasteiger partial charge on any atom is -0.479 e. The highest BCUT2D eigenvalue weighted by Gasteiger charge is 2.06. The number of carboxylic acids is 1. The number of anilines is 2. The number of hydrogen-bond donors (Lipinski definition) is 4. The Bertz CT molecular complexity index is 1120. The molecule has 0 unspecified atom stereocenters. The van der Waals surface area contributed by atoms with Crippen molar-refractivity contribution >= 4 is 41.7 Å². The number of hydrogen-bond acceptors (Lipinski definition) is 6. The van der Waals surface area contributed by atoms with Gasteiger partial charge in [-0.1, -0.05) is 11.2 Å². The maximum absolute atomic E-state index is 10.4. The summed E-state index contributed by atoms with van der Waals surface area (Å²) in [6, 6.07) is 9.24. The number of nitrogens with zero attached hydrogens (tertiary/aromatic N) is 2. The van der Waals surface area contributed by atoms with Gasteiger partial charge in [0.05, 0.1) is 11.6 Å². The standard InChI is InChI=1S/C21H21N5O3/c1-13-10-19(25-16-5-3-15(4-6-16)21(22)23)26-18-11-14(2-7-17(13)18)8-9-24-29-12-20(27)28/h3-11H,2,12H2,1H3,(H3,22,23)(H,25,26)(H,27,28). The molecule has 1 aliphatic carbocycles. The van der Waals surface area contributed by atoms with Crippen LogP contribution in [0.5, 0.6) is 0 Å². The molecule has 8 nitrogen and oxygen atoms in total. The quantitative estimate of drug-likeness (QED) is 0.320. The van der Waals surface area contributed by atoms with Crippen LogP contribution in [-0.2, 0) is 9.63 Å². The average Bonchev–Trinajstić information content (AvgIpc) is 2.67. The number of carboxylic acid groups (broad SMARTS) is 1. The first kappa shape index (κ1) is 19.8. The minimum atomic E-state index is -1.07. The number of rotatable bonds is 7. The Morgan fingerprint density at radius 3 is 2.86 bits per heavy atom. The molecule has 0 aliphatic heterocycles. The van der Waals surface area contributed by atoms with Gasteiger partial charge in [-0.3, -0.25) is 5.41 Å². The largest absolute Gasteiger partial charge is 0.479 e. The number of pyridine rings is 1. The van der Waals surface area contributed by atoms with Crippen molar-refractivity contribution in [2.24, 2.45) is 10.9 Å². The Morgan fingerprint density at radius 2 is 2.17 bits per heavy atom. The van der Waals surface area contributed by atoms with E-state index < -0.39 is 12.6 Å². The molecule has 1 aliphatic rings. The van der Waals surface area contributed by atoms with Crippen molar-refractivity contribution < 1.29 is 14.7 Å². The predicted octanol–water partition coefficient (Wildman–Crippen LogP) is 1.40. The molecule has 0 spiro atoms. The summed E-state index contributed by atoms with van der Waals surface area (Å²) in [5, 5.41) is 24.8. The highest BCUT2D eigenvalue weighted by Crippen LogP contribution is 2.15. The van der Waals surface area contributed by atoms with Crippen LogP contribution in [0, 0.1) is 12.3 Å². The van der Waals surface area contributed by atoms with E-state index in [1.807, 2.05) is 31.2 Å². The van der Waals surface area contributed by atoms with Crippen molar-refractivity contribution in [3.8, 4) is 0 Å². The maximum atomic E-state index is 10.4. The third kappa shape index (κ3) is 5.29. The molecule has 5 N–H and O–H groups in total. The molecule has 8 heteroatoms. The summed E-state index contributed by atoms with van der Waals surface area (Å²) in [6.07, 6.45) is 7.98. The monoisotopic (exact) mass is 391 g/mol. The Balaban J connectivity index is 1.81. The molecular weight excluding hydrogens is 370 g/mol. The number of benzene rings is 1. The summed E-state index contributed by atoms with van der Waals surface area (Å²) in [6.45, 7) is 1.56. The summed E-state index contributed by atoms with van der Waals surface area (Å²) < 4.78 is 0. The lowest BCUT2D eigenvalue weighted by atomic mass is 10.0. The molecule has 0 amide bonds. The van der Waals surface area contributed by atoms with E-state index in [9.17, 15) is 4.79 Å². The number of oxime groups is 1. The molecule has 1 aromatic carbocycles. The Hall–Kier alpha value is -3.94. The van der Waals surface area contributed by atoms with Crippen molar-refractivity contribution in [1.82, 2.24) is 4.98 Å². The zero-order valence-corrected chi connectivity index (χ0v) is 15.8. The van der Waals surface area contributed by atoms with Gasteiger partial charge in [0.25, 0.3) is 0 Å². The van der Waals surface area contributed by atoms with Gasteiger partial charge in [0.1, 0.15) is 11.7 Å². The summed E-state index contributed by atoms with van der Waals surface area (Å²) >= 11 is 0. The van der Waals surface area contributed by atoms with Crippen LogP contribution >= 0.6 is 0 Å². The van der Waals surface area contributed by atoms with E-state index >= 15 is 0 Å². The fourth-order valence-electron chi connectivity index (χ4n) is 2.86. The number of allylic oxidation sites excluding steroid dienone is 2. The van der Waals surface area contributed by atoms with Crippen LogP contribution < -0.4 is 21.6 Å². The van der Waals surface area contributed by atoms with E-state index in [4.69, 9.17) is 16.2 Å². The number of aliphatic carboxylic acids is 1. The van der Waals surface area contributed by atoms with E-state index in [1.54, 1.807) is 18.2 Å². The smallest absolute Gasteiger partial charge is 0.344 e. The Labute approximate surface area is 167 Å². The molecule has 148 valence electrons. The number of aryl methyl sites for hydroxylation is 1. The molecule has 0 saturated carbocycles. The Kier molecular flexibility index (Phi) is 6.03. The van der Waals surface area contributed by atoms with Crippen molar-refractivity contribution in [1.29, 1.82) is 5.41 Å². The molecule has 2 aromatic rings. The second kappa shape index (κ2) is 8.83. The predicted molar refractivity (Wildman–Crippen MR) is 113 cm³/mol. The second-order valence-corrected chi connectivity index (χ2v) is 6.46. The maximum Gasteiger partial charge on any atom is 0.344 e. The first-order chi connectivity index (χ1) is 13.9. The lowest BCUT2D eigenvalue weighted by Gasteiger charge is -2.11. The van der Waals surface area contributed by atoms with Crippen molar-refractivity contribution in [3.63, 3.8) is 0 Å². The van der Waals surface area contributed by atoms with Crippen LogP contribution in [0.4, 0.5) is 11.5 Å². The van der Waals surface area contributed by atoms with Gasteiger partial charge in [0.15, 0.2) is 0 Å². The SMILES string of the molecule is Cc1cc(Nc2ccc(C(=N)N)cc2)nc2c1=CCC(=CC=NOCC(=O)O)C=2. The fourth-order valence-corrected chi connectivity index (χ4v) is 2.86. The van der Waals surface area contributed by atoms with Gasteiger partial charge in [-0.25, -0.2) is 9.78 Å². The lowest BCUT2D eigenvalue weighted by Crippen LogP contribution is -2.33. The molecule has 29 heavy (non-hydrogen) atoms. The molecule has 0 radical (unpaired) electrons. The van der Waals surface area contributed by atoms with E-state index in [-0.39, 0.29) is 5.84 Å². The molecule has 3 rings (SSSR count). The number of carbonyl (C=O) groups is 1. The summed E-state index contributed by atoms with van der Waals surface area (Å²) in [5.74, 6) is -0.334. The van der Waals surface area contributed by atoms with E-state index in [2.05, 4.69) is 26.4 Å². The van der Waals surface area contributed by atoms with Gasteiger partial charge >= 0.3 is 5.97 Å². The number of nitrogen functional groups attached to an aromatic ring is 1. The van der Waals surface area contributed by atoms with Crippen LogP contribution in [0.1, 0.15) is 17.5 Å². The van der Waals surface area contributed by atoms with Gasteiger partial charge in [0, 0.05) is 11.3 Å². The third-order valence-electron chi connectivity index (χ3n) is 4.24. The molecule has 0 atom stereocenters.